The highest BCUT2D eigenvalue weighted by atomic mass is 16.5. The lowest BCUT2D eigenvalue weighted by Crippen LogP contribution is -2.32. The van der Waals surface area contributed by atoms with Gasteiger partial charge < -0.3 is 14.7 Å². The van der Waals surface area contributed by atoms with Crippen LogP contribution in [0.15, 0.2) is 60.7 Å². The number of benzene rings is 2. The molecule has 1 aliphatic heterocycles. The Morgan fingerprint density at radius 2 is 1.84 bits per heavy atom. The highest BCUT2D eigenvalue weighted by Gasteiger charge is 2.27. The van der Waals surface area contributed by atoms with Gasteiger partial charge in [0.05, 0.1) is 31.1 Å². The van der Waals surface area contributed by atoms with Gasteiger partial charge in [0.2, 0.25) is 0 Å². The average molecular weight is 415 g/mol. The number of ether oxygens (including phenoxy) is 1. The van der Waals surface area contributed by atoms with Crippen LogP contribution in [0.3, 0.4) is 0 Å². The molecule has 1 saturated heterocycles. The average Bonchev–Trinajstić information content (AvgIpc) is 3.42. The molecule has 6 heteroatoms. The van der Waals surface area contributed by atoms with Crippen molar-refractivity contribution in [1.82, 2.24) is 14.6 Å². The number of aryl methyl sites for hydroxylation is 1. The van der Waals surface area contributed by atoms with E-state index in [4.69, 9.17) is 14.8 Å². The number of anilines is 1. The highest BCUT2D eigenvalue weighted by Crippen LogP contribution is 2.35. The summed E-state index contributed by atoms with van der Waals surface area (Å²) in [6.07, 6.45) is 2.04. The van der Waals surface area contributed by atoms with Gasteiger partial charge in [-0.15, -0.1) is 0 Å². The highest BCUT2D eigenvalue weighted by molar-refractivity contribution is 5.83. The van der Waals surface area contributed by atoms with Gasteiger partial charge in [-0.1, -0.05) is 42.5 Å². The summed E-state index contributed by atoms with van der Waals surface area (Å²) in [5, 5.41) is 14.8. The van der Waals surface area contributed by atoms with Crippen LogP contribution in [0.2, 0.25) is 0 Å². The van der Waals surface area contributed by atoms with E-state index in [0.717, 1.165) is 64.7 Å². The quantitative estimate of drug-likeness (QED) is 0.526. The molecule has 1 atom stereocenters. The van der Waals surface area contributed by atoms with E-state index in [1.807, 2.05) is 53.9 Å². The fourth-order valence-corrected chi connectivity index (χ4v) is 4.49. The van der Waals surface area contributed by atoms with E-state index in [9.17, 15) is 5.11 Å². The number of aliphatic hydroxyl groups is 1. The number of aliphatic hydroxyl groups excluding tert-OH is 1. The summed E-state index contributed by atoms with van der Waals surface area (Å²) in [5.74, 6) is 1.71. The SMILES string of the molecule is COc1ccc(-c2c(C)nn3c(-c4ccccc4)cc(N4CCC[C@H]4CO)nc23)cc1. The van der Waals surface area contributed by atoms with Crippen molar-refractivity contribution in [2.45, 2.75) is 25.8 Å². The first-order valence-electron chi connectivity index (χ1n) is 10.7. The molecule has 2 aromatic heterocycles. The number of methoxy groups -OCH3 is 1. The Morgan fingerprint density at radius 3 is 2.55 bits per heavy atom. The van der Waals surface area contributed by atoms with Crippen LogP contribution in [0.1, 0.15) is 18.5 Å². The van der Waals surface area contributed by atoms with Crippen molar-refractivity contribution >= 4 is 11.5 Å². The zero-order valence-corrected chi connectivity index (χ0v) is 17.8. The van der Waals surface area contributed by atoms with Crippen LogP contribution in [0.25, 0.3) is 28.0 Å². The molecule has 31 heavy (non-hydrogen) atoms. The Kier molecular flexibility index (Phi) is 5.08. The van der Waals surface area contributed by atoms with Crippen molar-refractivity contribution in [3.05, 3.63) is 66.4 Å². The molecule has 0 spiro atoms. The molecule has 6 nitrogen and oxygen atoms in total. The lowest BCUT2D eigenvalue weighted by atomic mass is 10.1. The molecule has 0 unspecified atom stereocenters. The molecule has 1 N–H and O–H groups in total. The lowest BCUT2D eigenvalue weighted by Gasteiger charge is -2.25. The van der Waals surface area contributed by atoms with Crippen molar-refractivity contribution in [2.24, 2.45) is 0 Å². The summed E-state index contributed by atoms with van der Waals surface area (Å²) in [6.45, 7) is 3.06. The topological polar surface area (TPSA) is 62.9 Å². The van der Waals surface area contributed by atoms with Crippen LogP contribution < -0.4 is 9.64 Å². The second kappa shape index (κ2) is 8.04. The van der Waals surface area contributed by atoms with Gasteiger partial charge >= 0.3 is 0 Å². The molecule has 1 fully saturated rings. The van der Waals surface area contributed by atoms with E-state index in [1.165, 1.54) is 0 Å². The third-order valence-corrected chi connectivity index (χ3v) is 6.08. The molecule has 158 valence electrons. The Balaban J connectivity index is 1.75. The number of nitrogens with zero attached hydrogens (tertiary/aromatic N) is 4. The monoisotopic (exact) mass is 414 g/mol. The van der Waals surface area contributed by atoms with E-state index in [2.05, 4.69) is 23.1 Å². The minimum atomic E-state index is 0.104. The van der Waals surface area contributed by atoms with E-state index in [1.54, 1.807) is 7.11 Å². The van der Waals surface area contributed by atoms with Gasteiger partial charge in [0.15, 0.2) is 5.65 Å². The van der Waals surface area contributed by atoms with E-state index in [-0.39, 0.29) is 12.6 Å². The van der Waals surface area contributed by atoms with Crippen LogP contribution in [0.5, 0.6) is 5.75 Å². The van der Waals surface area contributed by atoms with Crippen molar-refractivity contribution < 1.29 is 9.84 Å². The zero-order valence-electron chi connectivity index (χ0n) is 17.8. The molecule has 4 aromatic rings. The first-order chi connectivity index (χ1) is 15.2. The third-order valence-electron chi connectivity index (χ3n) is 6.08. The number of hydrogen-bond donors (Lipinski definition) is 1. The Morgan fingerprint density at radius 1 is 1.06 bits per heavy atom. The molecular formula is C25H26N4O2. The maximum atomic E-state index is 9.88. The summed E-state index contributed by atoms with van der Waals surface area (Å²) in [7, 11) is 1.67. The second-order valence-electron chi connectivity index (χ2n) is 7.96. The fraction of sp³-hybridized carbons (Fsp3) is 0.280. The largest absolute Gasteiger partial charge is 0.497 e. The Labute approximate surface area is 181 Å². The summed E-state index contributed by atoms with van der Waals surface area (Å²) < 4.78 is 7.27. The molecule has 1 aliphatic rings. The summed E-state index contributed by atoms with van der Waals surface area (Å²) in [6, 6.07) is 20.5. The standard InChI is InChI=1S/C25H26N4O2/c1-17-24(19-10-12-21(31-2)13-11-19)25-26-23(28-14-6-9-20(28)16-30)15-22(29(25)27-17)18-7-4-3-5-8-18/h3-5,7-8,10-13,15,20,30H,6,9,14,16H2,1-2H3/t20-/m0/s1. The maximum absolute atomic E-state index is 9.88. The van der Waals surface area contributed by atoms with Crippen LogP contribution in [0.4, 0.5) is 5.82 Å². The van der Waals surface area contributed by atoms with Gasteiger partial charge in [0, 0.05) is 23.7 Å². The maximum Gasteiger partial charge on any atom is 0.166 e. The molecule has 0 saturated carbocycles. The molecule has 3 heterocycles. The van der Waals surface area contributed by atoms with Crippen molar-refractivity contribution in [2.75, 3.05) is 25.2 Å². The molecule has 5 rings (SSSR count). The van der Waals surface area contributed by atoms with Crippen molar-refractivity contribution in [3.8, 4) is 28.1 Å². The van der Waals surface area contributed by atoms with Crippen LogP contribution >= 0.6 is 0 Å². The molecule has 0 amide bonds. The lowest BCUT2D eigenvalue weighted by molar-refractivity contribution is 0.266. The van der Waals surface area contributed by atoms with E-state index < -0.39 is 0 Å². The molecule has 0 bridgehead atoms. The fourth-order valence-electron chi connectivity index (χ4n) is 4.49. The molecular weight excluding hydrogens is 388 g/mol. The molecule has 0 radical (unpaired) electrons. The smallest absolute Gasteiger partial charge is 0.166 e. The van der Waals surface area contributed by atoms with Gasteiger partial charge in [0.1, 0.15) is 11.6 Å². The predicted molar refractivity (Wildman–Crippen MR) is 123 cm³/mol. The van der Waals surface area contributed by atoms with Gasteiger partial charge in [-0.3, -0.25) is 0 Å². The third kappa shape index (κ3) is 3.43. The number of fused-ring (bicyclic) bond motifs is 1. The van der Waals surface area contributed by atoms with Gasteiger partial charge in [-0.05, 0) is 37.5 Å². The van der Waals surface area contributed by atoms with Crippen LogP contribution in [-0.2, 0) is 0 Å². The first-order valence-corrected chi connectivity index (χ1v) is 10.7. The minimum absolute atomic E-state index is 0.104. The van der Waals surface area contributed by atoms with Crippen LogP contribution in [0, 0.1) is 6.92 Å². The van der Waals surface area contributed by atoms with E-state index >= 15 is 0 Å². The van der Waals surface area contributed by atoms with Crippen molar-refractivity contribution in [1.29, 1.82) is 0 Å². The van der Waals surface area contributed by atoms with Crippen molar-refractivity contribution in [3.63, 3.8) is 0 Å². The number of rotatable bonds is 5. The number of hydrogen-bond acceptors (Lipinski definition) is 5. The van der Waals surface area contributed by atoms with Gasteiger partial charge in [-0.2, -0.15) is 5.10 Å². The number of aromatic nitrogens is 3. The Hall–Kier alpha value is -3.38. The van der Waals surface area contributed by atoms with E-state index in [0.29, 0.717) is 0 Å². The predicted octanol–water partition coefficient (Wildman–Crippen LogP) is 4.34. The summed E-state index contributed by atoms with van der Waals surface area (Å²) >= 11 is 0. The normalized spacial score (nSPS) is 16.2. The minimum Gasteiger partial charge on any atom is -0.497 e. The molecule has 2 aromatic carbocycles. The summed E-state index contributed by atoms with van der Waals surface area (Å²) in [4.78, 5) is 7.29. The van der Waals surface area contributed by atoms with Crippen LogP contribution in [-0.4, -0.2) is 46.0 Å². The first kappa shape index (κ1) is 19.6. The van der Waals surface area contributed by atoms with Gasteiger partial charge in [0.25, 0.3) is 0 Å². The van der Waals surface area contributed by atoms with Gasteiger partial charge in [-0.25, -0.2) is 9.50 Å². The molecule has 0 aliphatic carbocycles. The summed E-state index contributed by atoms with van der Waals surface area (Å²) in [5.41, 5.74) is 5.89. The zero-order chi connectivity index (χ0) is 21.4. The Bertz CT molecular complexity index is 1200. The second-order valence-corrected chi connectivity index (χ2v) is 7.96.